The van der Waals surface area contributed by atoms with Crippen molar-refractivity contribution in [3.05, 3.63) is 57.8 Å². The van der Waals surface area contributed by atoms with Gasteiger partial charge in [0.15, 0.2) is 0 Å². The highest BCUT2D eigenvalue weighted by Gasteiger charge is 2.24. The lowest BCUT2D eigenvalue weighted by molar-refractivity contribution is 0.0623. The van der Waals surface area contributed by atoms with Gasteiger partial charge in [0.1, 0.15) is 17.3 Å². The van der Waals surface area contributed by atoms with Gasteiger partial charge in [-0.2, -0.15) is 0 Å². The Labute approximate surface area is 166 Å². The number of hydrogen-bond acceptors (Lipinski definition) is 4. The van der Waals surface area contributed by atoms with Crippen LogP contribution in [0.1, 0.15) is 15.9 Å². The Morgan fingerprint density at radius 3 is 2.48 bits per heavy atom. The summed E-state index contributed by atoms with van der Waals surface area (Å²) in [5, 5.41) is 0. The van der Waals surface area contributed by atoms with E-state index in [0.717, 1.165) is 17.1 Å². The van der Waals surface area contributed by atoms with Gasteiger partial charge in [0.2, 0.25) is 0 Å². The van der Waals surface area contributed by atoms with E-state index in [4.69, 9.17) is 9.47 Å². The molecule has 0 bridgehead atoms. The summed E-state index contributed by atoms with van der Waals surface area (Å²) in [5.74, 6) is 0.828. The van der Waals surface area contributed by atoms with Crippen molar-refractivity contribution in [2.75, 3.05) is 40.4 Å². The Balaban J connectivity index is 1.64. The average molecular weight is 437 g/mol. The van der Waals surface area contributed by atoms with Crippen LogP contribution in [0.15, 0.2) is 40.9 Å². The molecule has 1 fully saturated rings. The summed E-state index contributed by atoms with van der Waals surface area (Å²) < 4.78 is 25.4. The Morgan fingerprint density at radius 2 is 1.81 bits per heavy atom. The van der Waals surface area contributed by atoms with Crippen LogP contribution in [-0.2, 0) is 6.54 Å². The number of rotatable bonds is 5. The van der Waals surface area contributed by atoms with Crippen LogP contribution in [0.2, 0.25) is 0 Å². The zero-order chi connectivity index (χ0) is 19.4. The van der Waals surface area contributed by atoms with Crippen LogP contribution in [0, 0.1) is 5.82 Å². The summed E-state index contributed by atoms with van der Waals surface area (Å²) in [7, 11) is 3.28. The molecule has 1 amide bonds. The smallest absolute Gasteiger partial charge is 0.256 e. The fraction of sp³-hybridized carbons (Fsp3) is 0.350. The maximum atomic E-state index is 14.0. The Hall–Kier alpha value is -2.12. The molecule has 3 rings (SSSR count). The molecular weight excluding hydrogens is 415 g/mol. The fourth-order valence-electron chi connectivity index (χ4n) is 3.19. The molecule has 144 valence electrons. The number of piperazine rings is 1. The standard InChI is InChI=1S/C20H22BrFN2O3/c1-26-16-4-6-19(27-2)14(11-16)13-23-7-9-24(10-8-23)20(25)17-12-15(21)3-5-18(17)22/h3-6,11-12H,7-10,13H2,1-2H3. The number of carbonyl (C=O) groups is 1. The molecule has 0 spiro atoms. The zero-order valence-corrected chi connectivity index (χ0v) is 17.0. The number of benzene rings is 2. The van der Waals surface area contributed by atoms with Gasteiger partial charge in [-0.15, -0.1) is 0 Å². The SMILES string of the molecule is COc1ccc(OC)c(CN2CCN(C(=O)c3cc(Br)ccc3F)CC2)c1. The van der Waals surface area contributed by atoms with E-state index < -0.39 is 5.82 Å². The van der Waals surface area contributed by atoms with Crippen LogP contribution >= 0.6 is 15.9 Å². The van der Waals surface area contributed by atoms with Crippen LogP contribution in [0.4, 0.5) is 4.39 Å². The van der Waals surface area contributed by atoms with Crippen molar-refractivity contribution in [1.29, 1.82) is 0 Å². The molecule has 1 aliphatic rings. The largest absolute Gasteiger partial charge is 0.497 e. The molecule has 0 saturated carbocycles. The second-order valence-corrected chi connectivity index (χ2v) is 7.29. The highest BCUT2D eigenvalue weighted by atomic mass is 79.9. The maximum Gasteiger partial charge on any atom is 0.256 e. The van der Waals surface area contributed by atoms with Gasteiger partial charge >= 0.3 is 0 Å². The van der Waals surface area contributed by atoms with E-state index in [1.807, 2.05) is 18.2 Å². The molecule has 0 atom stereocenters. The average Bonchev–Trinajstić information content (AvgIpc) is 2.69. The maximum absolute atomic E-state index is 14.0. The number of amides is 1. The third kappa shape index (κ3) is 4.59. The number of nitrogens with zero attached hydrogens (tertiary/aromatic N) is 2. The third-order valence-electron chi connectivity index (χ3n) is 4.70. The van der Waals surface area contributed by atoms with Crippen molar-refractivity contribution in [2.45, 2.75) is 6.54 Å². The Morgan fingerprint density at radius 1 is 1.07 bits per heavy atom. The van der Waals surface area contributed by atoms with Crippen LogP contribution in [-0.4, -0.2) is 56.1 Å². The lowest BCUT2D eigenvalue weighted by Crippen LogP contribution is -2.48. The van der Waals surface area contributed by atoms with E-state index in [0.29, 0.717) is 37.2 Å². The van der Waals surface area contributed by atoms with Gasteiger partial charge in [-0.3, -0.25) is 9.69 Å². The Kier molecular flexibility index (Phi) is 6.34. The van der Waals surface area contributed by atoms with E-state index in [1.54, 1.807) is 25.2 Å². The van der Waals surface area contributed by atoms with E-state index in [1.165, 1.54) is 12.1 Å². The minimum Gasteiger partial charge on any atom is -0.497 e. The molecule has 27 heavy (non-hydrogen) atoms. The predicted octanol–water partition coefficient (Wildman–Crippen LogP) is 3.56. The monoisotopic (exact) mass is 436 g/mol. The molecular formula is C20H22BrFN2O3. The van der Waals surface area contributed by atoms with Crippen LogP contribution in [0.25, 0.3) is 0 Å². The lowest BCUT2D eigenvalue weighted by atomic mass is 10.1. The molecule has 0 aliphatic carbocycles. The lowest BCUT2D eigenvalue weighted by Gasteiger charge is -2.35. The normalized spacial score (nSPS) is 14.9. The highest BCUT2D eigenvalue weighted by molar-refractivity contribution is 9.10. The van der Waals surface area contributed by atoms with Gasteiger partial charge in [0.25, 0.3) is 5.91 Å². The van der Waals surface area contributed by atoms with Crippen molar-refractivity contribution >= 4 is 21.8 Å². The van der Waals surface area contributed by atoms with Crippen molar-refractivity contribution in [3.8, 4) is 11.5 Å². The van der Waals surface area contributed by atoms with Gasteiger partial charge in [-0.25, -0.2) is 4.39 Å². The molecule has 1 heterocycles. The van der Waals surface area contributed by atoms with Gasteiger partial charge in [-0.05, 0) is 36.4 Å². The second kappa shape index (κ2) is 8.71. The molecule has 2 aromatic rings. The number of carbonyl (C=O) groups excluding carboxylic acids is 1. The van der Waals surface area contributed by atoms with Crippen LogP contribution in [0.5, 0.6) is 11.5 Å². The topological polar surface area (TPSA) is 42.0 Å². The van der Waals surface area contributed by atoms with Crippen molar-refractivity contribution in [1.82, 2.24) is 9.80 Å². The van der Waals surface area contributed by atoms with Gasteiger partial charge in [0, 0.05) is 42.8 Å². The van der Waals surface area contributed by atoms with E-state index in [2.05, 4.69) is 20.8 Å². The molecule has 7 heteroatoms. The summed E-state index contributed by atoms with van der Waals surface area (Å²) in [6.07, 6.45) is 0. The number of halogens is 2. The van der Waals surface area contributed by atoms with Gasteiger partial charge in [0.05, 0.1) is 19.8 Å². The number of ether oxygens (including phenoxy) is 2. The first-order chi connectivity index (χ1) is 13.0. The minimum atomic E-state index is -0.494. The minimum absolute atomic E-state index is 0.104. The predicted molar refractivity (Wildman–Crippen MR) is 105 cm³/mol. The summed E-state index contributed by atoms with van der Waals surface area (Å²) >= 11 is 3.29. The molecule has 0 N–H and O–H groups in total. The number of methoxy groups -OCH3 is 2. The van der Waals surface area contributed by atoms with Crippen molar-refractivity contribution in [2.24, 2.45) is 0 Å². The first kappa shape index (κ1) is 19.6. The number of hydrogen-bond donors (Lipinski definition) is 0. The fourth-order valence-corrected chi connectivity index (χ4v) is 3.55. The van der Waals surface area contributed by atoms with Crippen molar-refractivity contribution in [3.63, 3.8) is 0 Å². The summed E-state index contributed by atoms with van der Waals surface area (Å²) in [6.45, 7) is 3.23. The quantitative estimate of drug-likeness (QED) is 0.718. The zero-order valence-electron chi connectivity index (χ0n) is 15.4. The third-order valence-corrected chi connectivity index (χ3v) is 5.19. The van der Waals surface area contributed by atoms with E-state index in [-0.39, 0.29) is 11.5 Å². The van der Waals surface area contributed by atoms with Crippen LogP contribution < -0.4 is 9.47 Å². The molecule has 5 nitrogen and oxygen atoms in total. The molecule has 1 saturated heterocycles. The molecule has 2 aromatic carbocycles. The molecule has 0 aromatic heterocycles. The first-order valence-electron chi connectivity index (χ1n) is 8.69. The highest BCUT2D eigenvalue weighted by Crippen LogP contribution is 2.26. The van der Waals surface area contributed by atoms with E-state index >= 15 is 0 Å². The molecule has 0 unspecified atom stereocenters. The van der Waals surface area contributed by atoms with Gasteiger partial charge < -0.3 is 14.4 Å². The molecule has 0 radical (unpaired) electrons. The summed E-state index contributed by atoms with van der Waals surface area (Å²) in [4.78, 5) is 16.6. The van der Waals surface area contributed by atoms with E-state index in [9.17, 15) is 9.18 Å². The first-order valence-corrected chi connectivity index (χ1v) is 9.48. The Bertz CT molecular complexity index is 823. The summed E-state index contributed by atoms with van der Waals surface area (Å²) in [6, 6.07) is 10.2. The second-order valence-electron chi connectivity index (χ2n) is 6.37. The summed E-state index contributed by atoms with van der Waals surface area (Å²) in [5.41, 5.74) is 1.14. The van der Waals surface area contributed by atoms with Crippen molar-refractivity contribution < 1.29 is 18.7 Å². The van der Waals surface area contributed by atoms with Gasteiger partial charge in [-0.1, -0.05) is 15.9 Å². The van der Waals surface area contributed by atoms with Crippen LogP contribution in [0.3, 0.4) is 0 Å². The molecule has 1 aliphatic heterocycles.